The van der Waals surface area contributed by atoms with Crippen LogP contribution in [0.4, 0.5) is 11.4 Å². The number of ketones is 2. The largest absolute Gasteiger partial charge is 0.508 e. The van der Waals surface area contributed by atoms with E-state index in [1.807, 2.05) is 0 Å². The molecule has 0 aliphatic heterocycles. The predicted octanol–water partition coefficient (Wildman–Crippen LogP) is 1.59. The summed E-state index contributed by atoms with van der Waals surface area (Å²) in [4.78, 5) is 55.9. The number of fused-ring (bicyclic) bond motifs is 3. The molecule has 3 unspecified atom stereocenters. The van der Waals surface area contributed by atoms with Crippen molar-refractivity contribution in [2.75, 3.05) is 38.4 Å². The number of aliphatic hydroxyl groups excluding tert-OH is 2. The summed E-state index contributed by atoms with van der Waals surface area (Å²) < 4.78 is 0. The standard InChI is InChI=1S/C31H34N4O8/c1-13-8-6-7-9-15(13)30(42)33-18-12-19(34(2)3)16-10-14-11-17-23(35(4)5)26(38)22(29(32)41)28(40)31(17,43)27(39)20(14)25(37)21(16)24(18)36/h6-9,12,14,17,23,36-37,40,43H,10-11H2,1-5H3,(H2,32,41)(H,33,42)/t14?,17?,23-,31?/m0/s1. The summed E-state index contributed by atoms with van der Waals surface area (Å²) in [6.45, 7) is 1.77. The van der Waals surface area contributed by atoms with Crippen molar-refractivity contribution in [3.63, 3.8) is 0 Å². The molecule has 12 nitrogen and oxygen atoms in total. The molecule has 0 aromatic heterocycles. The normalized spacial score (nSPS) is 24.9. The maximum absolute atomic E-state index is 14.1. The van der Waals surface area contributed by atoms with E-state index in [-0.39, 0.29) is 29.7 Å². The summed E-state index contributed by atoms with van der Waals surface area (Å²) in [6, 6.07) is 7.29. The Balaban J connectivity index is 1.70. The highest BCUT2D eigenvalue weighted by Gasteiger charge is 2.64. The topological polar surface area (TPSA) is 194 Å². The van der Waals surface area contributed by atoms with Crippen molar-refractivity contribution < 1.29 is 39.6 Å². The maximum atomic E-state index is 14.1. The average Bonchev–Trinajstić information content (AvgIpc) is 2.91. The van der Waals surface area contributed by atoms with Gasteiger partial charge in [0.2, 0.25) is 5.78 Å². The van der Waals surface area contributed by atoms with E-state index in [1.165, 1.54) is 4.90 Å². The number of likely N-dealkylation sites (N-methyl/N-ethyl adjacent to an activating group) is 1. The third-order valence-corrected chi connectivity index (χ3v) is 8.82. The summed E-state index contributed by atoms with van der Waals surface area (Å²) in [5, 5.41) is 48.5. The van der Waals surface area contributed by atoms with Crippen LogP contribution in [0.5, 0.6) is 5.75 Å². The van der Waals surface area contributed by atoms with Gasteiger partial charge in [-0.15, -0.1) is 0 Å². The van der Waals surface area contributed by atoms with Crippen LogP contribution in [0.3, 0.4) is 0 Å². The smallest absolute Gasteiger partial charge is 0.256 e. The summed E-state index contributed by atoms with van der Waals surface area (Å²) in [6.07, 6.45) is 0.104. The van der Waals surface area contributed by atoms with Crippen molar-refractivity contribution in [3.8, 4) is 5.75 Å². The van der Waals surface area contributed by atoms with Crippen LogP contribution in [0.15, 0.2) is 47.2 Å². The molecule has 4 atom stereocenters. The third kappa shape index (κ3) is 4.28. The highest BCUT2D eigenvalue weighted by molar-refractivity contribution is 6.24. The van der Waals surface area contributed by atoms with Gasteiger partial charge in [-0.25, -0.2) is 0 Å². The predicted molar refractivity (Wildman–Crippen MR) is 158 cm³/mol. The number of amides is 2. The Morgan fingerprint density at radius 2 is 1.72 bits per heavy atom. The summed E-state index contributed by atoms with van der Waals surface area (Å²) in [5.74, 6) is -7.88. The Hall–Kier alpha value is -4.68. The lowest BCUT2D eigenvalue weighted by Gasteiger charge is -2.50. The molecule has 12 heteroatoms. The van der Waals surface area contributed by atoms with E-state index >= 15 is 0 Å². The minimum absolute atomic E-state index is 0.0177. The van der Waals surface area contributed by atoms with Gasteiger partial charge in [0, 0.05) is 36.8 Å². The fraction of sp³-hybridized carbons (Fsp3) is 0.355. The summed E-state index contributed by atoms with van der Waals surface area (Å²) in [7, 11) is 6.58. The van der Waals surface area contributed by atoms with Crippen molar-refractivity contribution in [2.45, 2.75) is 31.4 Å². The van der Waals surface area contributed by atoms with E-state index in [1.54, 1.807) is 70.3 Å². The first-order valence-electron chi connectivity index (χ1n) is 13.7. The number of aliphatic hydroxyl groups is 3. The Morgan fingerprint density at radius 1 is 1.07 bits per heavy atom. The summed E-state index contributed by atoms with van der Waals surface area (Å²) in [5.41, 5.74) is 3.49. The quantitative estimate of drug-likeness (QED) is 0.220. The molecule has 0 saturated heterocycles. The van der Waals surface area contributed by atoms with Gasteiger partial charge < -0.3 is 36.4 Å². The van der Waals surface area contributed by atoms with Gasteiger partial charge >= 0.3 is 0 Å². The average molecular weight is 591 g/mol. The zero-order valence-corrected chi connectivity index (χ0v) is 24.4. The number of carbonyl (C=O) groups excluding carboxylic acids is 4. The van der Waals surface area contributed by atoms with Crippen LogP contribution in [0.25, 0.3) is 5.76 Å². The monoisotopic (exact) mass is 590 g/mol. The molecular formula is C31H34N4O8. The molecule has 3 aliphatic rings. The molecule has 2 aromatic rings. The molecule has 226 valence electrons. The fourth-order valence-corrected chi connectivity index (χ4v) is 6.80. The van der Waals surface area contributed by atoms with Crippen LogP contribution in [0, 0.1) is 18.8 Å². The van der Waals surface area contributed by atoms with Gasteiger partial charge in [-0.3, -0.25) is 24.1 Å². The molecule has 0 radical (unpaired) electrons. The zero-order chi connectivity index (χ0) is 31.7. The number of hydrogen-bond acceptors (Lipinski definition) is 10. The molecule has 0 heterocycles. The van der Waals surface area contributed by atoms with Gasteiger partial charge in [0.15, 0.2) is 11.4 Å². The number of primary amides is 1. The fourth-order valence-electron chi connectivity index (χ4n) is 6.80. The number of aromatic hydroxyl groups is 1. The van der Waals surface area contributed by atoms with Crippen molar-refractivity contribution in [3.05, 3.63) is 69.5 Å². The first-order valence-corrected chi connectivity index (χ1v) is 13.7. The molecule has 2 aromatic carbocycles. The van der Waals surface area contributed by atoms with Gasteiger partial charge in [-0.05, 0) is 63.0 Å². The highest BCUT2D eigenvalue weighted by atomic mass is 16.3. The molecule has 3 aliphatic carbocycles. The van der Waals surface area contributed by atoms with Crippen molar-refractivity contribution in [1.29, 1.82) is 0 Å². The number of hydrogen-bond donors (Lipinski definition) is 6. The number of anilines is 2. The number of aryl methyl sites for hydroxylation is 1. The lowest BCUT2D eigenvalue weighted by atomic mass is 9.57. The Labute approximate surface area is 247 Å². The Morgan fingerprint density at radius 3 is 2.30 bits per heavy atom. The molecule has 1 saturated carbocycles. The molecule has 0 bridgehead atoms. The molecule has 43 heavy (non-hydrogen) atoms. The van der Waals surface area contributed by atoms with Crippen LogP contribution in [0.2, 0.25) is 0 Å². The Kier molecular flexibility index (Phi) is 7.10. The van der Waals surface area contributed by atoms with Gasteiger partial charge in [0.05, 0.1) is 17.3 Å². The van der Waals surface area contributed by atoms with Crippen LogP contribution in [-0.2, 0) is 20.8 Å². The number of carbonyl (C=O) groups is 4. The number of phenols is 1. The van der Waals surface area contributed by atoms with Crippen LogP contribution >= 0.6 is 0 Å². The van der Waals surface area contributed by atoms with E-state index in [0.29, 0.717) is 22.4 Å². The van der Waals surface area contributed by atoms with E-state index in [9.17, 15) is 39.6 Å². The Bertz CT molecular complexity index is 1670. The second-order valence-corrected chi connectivity index (χ2v) is 11.8. The lowest BCUT2D eigenvalue weighted by Crippen LogP contribution is -2.65. The molecule has 0 spiro atoms. The van der Waals surface area contributed by atoms with Crippen LogP contribution in [-0.4, -0.2) is 88.5 Å². The van der Waals surface area contributed by atoms with Crippen molar-refractivity contribution in [2.24, 2.45) is 17.6 Å². The lowest BCUT2D eigenvalue weighted by molar-refractivity contribution is -0.153. The minimum Gasteiger partial charge on any atom is -0.508 e. The van der Waals surface area contributed by atoms with Crippen molar-refractivity contribution >= 4 is 40.5 Å². The van der Waals surface area contributed by atoms with E-state index in [4.69, 9.17) is 5.73 Å². The molecular weight excluding hydrogens is 556 g/mol. The molecule has 7 N–H and O–H groups in total. The van der Waals surface area contributed by atoms with Gasteiger partial charge in [-0.1, -0.05) is 18.2 Å². The number of nitrogens with one attached hydrogen (secondary N) is 1. The SMILES string of the molecule is Cc1ccccc1C(=O)Nc1cc(N(C)C)c2c(c1O)C(O)=C1C(=O)C3(O)C(O)=C(C(N)=O)C(=O)[C@@H](N(C)C)C3CC1C2. The van der Waals surface area contributed by atoms with Gasteiger partial charge in [0.1, 0.15) is 22.8 Å². The number of Topliss-reactive ketones (excluding diaryl/α,β-unsaturated/α-hetero) is 2. The first kappa shape index (κ1) is 29.8. The molecule has 1 fully saturated rings. The van der Waals surface area contributed by atoms with Gasteiger partial charge in [-0.2, -0.15) is 0 Å². The highest BCUT2D eigenvalue weighted by Crippen LogP contribution is 2.54. The van der Waals surface area contributed by atoms with Crippen LogP contribution in [0.1, 0.15) is 33.5 Å². The number of nitrogens with zero attached hydrogens (tertiary/aromatic N) is 2. The van der Waals surface area contributed by atoms with E-state index < -0.39 is 69.7 Å². The van der Waals surface area contributed by atoms with Crippen molar-refractivity contribution in [1.82, 2.24) is 4.90 Å². The second kappa shape index (κ2) is 10.2. The molecule has 5 rings (SSSR count). The number of phenolic OH excluding ortho intramolecular Hbond substituents is 1. The number of benzene rings is 2. The molecule has 2 amide bonds. The van der Waals surface area contributed by atoms with Crippen LogP contribution < -0.4 is 16.0 Å². The summed E-state index contributed by atoms with van der Waals surface area (Å²) >= 11 is 0. The maximum Gasteiger partial charge on any atom is 0.256 e. The first-order chi connectivity index (χ1) is 20.1. The number of rotatable bonds is 5. The zero-order valence-electron chi connectivity index (χ0n) is 24.4. The van der Waals surface area contributed by atoms with Gasteiger partial charge in [0.25, 0.3) is 11.8 Å². The number of nitrogens with two attached hydrogens (primary N) is 1. The third-order valence-electron chi connectivity index (χ3n) is 8.82. The second-order valence-electron chi connectivity index (χ2n) is 11.8. The minimum atomic E-state index is -2.73. The van der Waals surface area contributed by atoms with E-state index in [0.717, 1.165) is 0 Å². The van der Waals surface area contributed by atoms with E-state index in [2.05, 4.69) is 5.32 Å².